The molecular formula is C6H4BBrClN3. The second-order valence-corrected chi connectivity index (χ2v) is 3.63. The summed E-state index contributed by atoms with van der Waals surface area (Å²) in [4.78, 5) is 8.15. The van der Waals surface area contributed by atoms with Crippen LogP contribution in [0, 0.1) is 0 Å². The van der Waals surface area contributed by atoms with Crippen molar-refractivity contribution in [2.24, 2.45) is 0 Å². The first-order valence-electron chi connectivity index (χ1n) is 3.34. The Morgan fingerprint density at radius 1 is 1.42 bits per heavy atom. The maximum atomic E-state index is 5.87. The van der Waals surface area contributed by atoms with Gasteiger partial charge < -0.3 is 0 Å². The highest BCUT2D eigenvalue weighted by molar-refractivity contribution is 9.10. The number of hydrogen-bond donors (Lipinski definition) is 0. The molecule has 2 aromatic heterocycles. The van der Waals surface area contributed by atoms with E-state index in [-0.39, 0.29) is 0 Å². The maximum absolute atomic E-state index is 5.87. The first-order chi connectivity index (χ1) is 5.70. The fraction of sp³-hybridized carbons (Fsp3) is 0. The predicted octanol–water partition coefficient (Wildman–Crippen LogP) is 0.404. The number of rotatable bonds is 0. The van der Waals surface area contributed by atoms with Gasteiger partial charge in [0.25, 0.3) is 0 Å². The van der Waals surface area contributed by atoms with Crippen LogP contribution in [0.2, 0.25) is 5.28 Å². The third-order valence-electron chi connectivity index (χ3n) is 1.62. The average Bonchev–Trinajstić information content (AvgIpc) is 2.42. The van der Waals surface area contributed by atoms with Gasteiger partial charge in [-0.1, -0.05) is 0 Å². The monoisotopic (exact) mass is 243 g/mol. The van der Waals surface area contributed by atoms with Crippen molar-refractivity contribution < 1.29 is 0 Å². The summed E-state index contributed by atoms with van der Waals surface area (Å²) in [6.45, 7) is 0. The Balaban J connectivity index is 2.98. The predicted molar refractivity (Wildman–Crippen MR) is 53.9 cm³/mol. The Kier molecular flexibility index (Phi) is 1.85. The summed E-state index contributed by atoms with van der Waals surface area (Å²) in [5, 5.41) is 0.434. The van der Waals surface area contributed by atoms with Crippen molar-refractivity contribution in [3.8, 4) is 0 Å². The van der Waals surface area contributed by atoms with Crippen molar-refractivity contribution in [3.63, 3.8) is 0 Å². The van der Waals surface area contributed by atoms with Crippen LogP contribution in [0.3, 0.4) is 0 Å². The molecule has 0 saturated heterocycles. The molecule has 0 aliphatic heterocycles. The lowest BCUT2D eigenvalue weighted by Gasteiger charge is -1.99. The minimum Gasteiger partial charge on any atom is -0.281 e. The van der Waals surface area contributed by atoms with Crippen LogP contribution in [0.5, 0.6) is 0 Å². The molecule has 0 N–H and O–H groups in total. The lowest BCUT2D eigenvalue weighted by atomic mass is 10.1. The number of imidazole rings is 1. The molecule has 2 aromatic rings. The molecule has 0 aliphatic carbocycles. The van der Waals surface area contributed by atoms with Crippen LogP contribution in [-0.4, -0.2) is 22.2 Å². The Morgan fingerprint density at radius 2 is 2.17 bits per heavy atom. The van der Waals surface area contributed by atoms with Gasteiger partial charge in [0.1, 0.15) is 0 Å². The average molecular weight is 244 g/mol. The lowest BCUT2D eigenvalue weighted by molar-refractivity contribution is 1.10. The molecule has 0 atom stereocenters. The summed E-state index contributed by atoms with van der Waals surface area (Å²) in [6.07, 6.45) is 3.40. The normalized spacial score (nSPS) is 10.8. The Morgan fingerprint density at radius 3 is 2.83 bits per heavy atom. The van der Waals surface area contributed by atoms with Gasteiger partial charge in [-0.05, 0) is 27.5 Å². The van der Waals surface area contributed by atoms with Gasteiger partial charge >= 0.3 is 0 Å². The van der Waals surface area contributed by atoms with Crippen LogP contribution in [0.25, 0.3) is 5.65 Å². The Labute approximate surface area is 83.3 Å². The highest BCUT2D eigenvalue weighted by Gasteiger charge is 2.06. The molecule has 0 bridgehead atoms. The van der Waals surface area contributed by atoms with E-state index in [4.69, 9.17) is 11.6 Å². The van der Waals surface area contributed by atoms with Gasteiger partial charge in [-0.25, -0.2) is 9.97 Å². The minimum absolute atomic E-state index is 0.434. The van der Waals surface area contributed by atoms with E-state index in [0.29, 0.717) is 5.28 Å². The summed E-state index contributed by atoms with van der Waals surface area (Å²) in [5.41, 5.74) is 1.77. The van der Waals surface area contributed by atoms with Crippen molar-refractivity contribution in [1.82, 2.24) is 14.4 Å². The SMILES string of the molecule is Bc1cnc2c(Br)cnc(Cl)n12. The Bertz CT molecular complexity index is 442. The largest absolute Gasteiger partial charge is 0.281 e. The summed E-state index contributed by atoms with van der Waals surface area (Å²) < 4.78 is 2.63. The maximum Gasteiger partial charge on any atom is 0.207 e. The molecule has 2 heterocycles. The van der Waals surface area contributed by atoms with Gasteiger partial charge in [-0.2, -0.15) is 0 Å². The number of halogens is 2. The molecule has 0 aliphatic rings. The number of hydrogen-bond acceptors (Lipinski definition) is 2. The molecule has 6 heteroatoms. The molecule has 0 unspecified atom stereocenters. The van der Waals surface area contributed by atoms with Crippen LogP contribution in [-0.2, 0) is 0 Å². The molecule has 0 fully saturated rings. The first-order valence-corrected chi connectivity index (χ1v) is 4.51. The van der Waals surface area contributed by atoms with E-state index in [1.54, 1.807) is 16.8 Å². The summed E-state index contributed by atoms with van der Waals surface area (Å²) in [6, 6.07) is 0. The van der Waals surface area contributed by atoms with E-state index < -0.39 is 0 Å². The molecule has 0 aromatic carbocycles. The van der Waals surface area contributed by atoms with E-state index in [9.17, 15) is 0 Å². The van der Waals surface area contributed by atoms with Crippen molar-refractivity contribution in [2.45, 2.75) is 0 Å². The molecular weight excluding hydrogens is 240 g/mol. The standard InChI is InChI=1S/C6H4BBrClN3/c7-4-2-10-5-3(8)1-11-6(9)12(4)5/h1-2H,7H2. The van der Waals surface area contributed by atoms with E-state index in [2.05, 4.69) is 25.9 Å². The van der Waals surface area contributed by atoms with Crippen molar-refractivity contribution >= 4 is 46.6 Å². The molecule has 60 valence electrons. The zero-order valence-corrected chi connectivity index (χ0v) is 8.59. The third-order valence-corrected chi connectivity index (χ3v) is 2.45. The van der Waals surface area contributed by atoms with Crippen LogP contribution in [0.1, 0.15) is 0 Å². The van der Waals surface area contributed by atoms with E-state index >= 15 is 0 Å². The molecule has 0 amide bonds. The van der Waals surface area contributed by atoms with E-state index in [1.165, 1.54) is 0 Å². The van der Waals surface area contributed by atoms with Gasteiger partial charge in [0.05, 0.1) is 4.47 Å². The number of nitrogens with zero attached hydrogens (tertiary/aromatic N) is 3. The quantitative estimate of drug-likeness (QED) is 0.496. The molecule has 0 saturated carbocycles. The zero-order chi connectivity index (χ0) is 8.72. The van der Waals surface area contributed by atoms with Crippen molar-refractivity contribution in [3.05, 3.63) is 22.1 Å². The van der Waals surface area contributed by atoms with Gasteiger partial charge in [-0.3, -0.25) is 4.40 Å². The van der Waals surface area contributed by atoms with Crippen molar-refractivity contribution in [1.29, 1.82) is 0 Å². The van der Waals surface area contributed by atoms with Crippen LogP contribution in [0.4, 0.5) is 0 Å². The summed E-state index contributed by atoms with van der Waals surface area (Å²) >= 11 is 9.21. The Hall–Kier alpha value is -0.545. The first kappa shape index (κ1) is 8.07. The van der Waals surface area contributed by atoms with Gasteiger partial charge in [0.2, 0.25) is 5.28 Å². The van der Waals surface area contributed by atoms with Crippen molar-refractivity contribution in [2.75, 3.05) is 0 Å². The fourth-order valence-electron chi connectivity index (χ4n) is 1.06. The number of aromatic nitrogens is 3. The summed E-state index contributed by atoms with van der Waals surface area (Å²) in [7, 11) is 1.93. The third kappa shape index (κ3) is 1.04. The second kappa shape index (κ2) is 2.74. The lowest BCUT2D eigenvalue weighted by Crippen LogP contribution is -2.10. The second-order valence-electron chi connectivity index (χ2n) is 2.43. The fourth-order valence-corrected chi connectivity index (χ4v) is 1.71. The molecule has 3 nitrogen and oxygen atoms in total. The van der Waals surface area contributed by atoms with Crippen LogP contribution in [0.15, 0.2) is 16.9 Å². The smallest absolute Gasteiger partial charge is 0.207 e. The van der Waals surface area contributed by atoms with E-state index in [0.717, 1.165) is 15.7 Å². The highest BCUT2D eigenvalue weighted by atomic mass is 79.9. The molecule has 0 radical (unpaired) electrons. The molecule has 2 rings (SSSR count). The minimum atomic E-state index is 0.434. The van der Waals surface area contributed by atoms with Gasteiger partial charge in [0.15, 0.2) is 13.5 Å². The van der Waals surface area contributed by atoms with Crippen LogP contribution < -0.4 is 5.59 Å². The highest BCUT2D eigenvalue weighted by Crippen LogP contribution is 2.16. The molecule has 12 heavy (non-hydrogen) atoms. The topological polar surface area (TPSA) is 30.2 Å². The zero-order valence-electron chi connectivity index (χ0n) is 6.25. The number of fused-ring (bicyclic) bond motifs is 1. The van der Waals surface area contributed by atoms with E-state index in [1.807, 2.05) is 7.85 Å². The molecule has 0 spiro atoms. The van der Waals surface area contributed by atoms with Gasteiger partial charge in [-0.15, -0.1) is 0 Å². The van der Waals surface area contributed by atoms with Crippen LogP contribution >= 0.6 is 27.5 Å². The van der Waals surface area contributed by atoms with Gasteiger partial charge in [0, 0.05) is 18.0 Å². The summed E-state index contributed by atoms with van der Waals surface area (Å²) in [5.74, 6) is 0.